The first-order chi connectivity index (χ1) is 18.1. The van der Waals surface area contributed by atoms with Crippen molar-refractivity contribution < 1.29 is 19.1 Å². The summed E-state index contributed by atoms with van der Waals surface area (Å²) in [7, 11) is 3.11. The highest BCUT2D eigenvalue weighted by molar-refractivity contribution is 5.98. The van der Waals surface area contributed by atoms with Crippen molar-refractivity contribution in [1.29, 1.82) is 0 Å². The lowest BCUT2D eigenvalue weighted by Crippen LogP contribution is -2.61. The fraction of sp³-hybridized carbons (Fsp3) is 0.207. The molecule has 1 N–H and O–H groups in total. The number of carbonyl (C=O) groups is 2. The van der Waals surface area contributed by atoms with Crippen LogP contribution in [0.25, 0.3) is 10.9 Å². The highest BCUT2D eigenvalue weighted by Crippen LogP contribution is 2.42. The molecule has 2 aliphatic rings. The molecule has 0 unspecified atom stereocenters. The quantitative estimate of drug-likeness (QED) is 0.426. The maximum atomic E-state index is 13.8. The maximum Gasteiger partial charge on any atom is 0.266 e. The van der Waals surface area contributed by atoms with Crippen LogP contribution in [-0.2, 0) is 16.0 Å². The van der Waals surface area contributed by atoms with Crippen LogP contribution in [0.1, 0.15) is 28.4 Å². The zero-order valence-corrected chi connectivity index (χ0v) is 20.5. The minimum absolute atomic E-state index is 0.142. The van der Waals surface area contributed by atoms with E-state index in [1.165, 1.54) is 11.2 Å². The van der Waals surface area contributed by atoms with Crippen LogP contribution < -0.4 is 9.47 Å². The molecule has 8 nitrogen and oxygen atoms in total. The zero-order valence-electron chi connectivity index (χ0n) is 20.5. The molecular weight excluding hydrogens is 468 g/mol. The van der Waals surface area contributed by atoms with E-state index >= 15 is 0 Å². The molecule has 37 heavy (non-hydrogen) atoms. The fourth-order valence-electron chi connectivity index (χ4n) is 5.47. The van der Waals surface area contributed by atoms with E-state index in [1.807, 2.05) is 60.7 Å². The third-order valence-corrected chi connectivity index (χ3v) is 7.13. The van der Waals surface area contributed by atoms with Crippen molar-refractivity contribution in [3.63, 3.8) is 0 Å². The number of ether oxygens (including phenoxy) is 2. The van der Waals surface area contributed by atoms with Gasteiger partial charge in [-0.05, 0) is 29.3 Å². The van der Waals surface area contributed by atoms with Crippen LogP contribution in [0.15, 0.2) is 77.9 Å². The number of para-hydroxylation sites is 2. The number of carbonyl (C=O) groups excluding carboxylic acids is 2. The monoisotopic (exact) mass is 494 g/mol. The van der Waals surface area contributed by atoms with Gasteiger partial charge in [0.1, 0.15) is 12.6 Å². The number of hydrogen-bond donors (Lipinski definition) is 1. The van der Waals surface area contributed by atoms with Gasteiger partial charge in [-0.1, -0.05) is 54.6 Å². The van der Waals surface area contributed by atoms with Gasteiger partial charge in [0, 0.05) is 28.6 Å². The van der Waals surface area contributed by atoms with Crippen molar-refractivity contribution >= 4 is 28.9 Å². The highest BCUT2D eigenvalue weighted by Gasteiger charge is 2.48. The van der Waals surface area contributed by atoms with Crippen LogP contribution in [0, 0.1) is 0 Å². The van der Waals surface area contributed by atoms with Gasteiger partial charge in [0.05, 0.1) is 26.5 Å². The second-order valence-corrected chi connectivity index (χ2v) is 9.12. The van der Waals surface area contributed by atoms with E-state index in [0.29, 0.717) is 23.5 Å². The van der Waals surface area contributed by atoms with Gasteiger partial charge >= 0.3 is 0 Å². The molecular formula is C29H26N4O4. The number of benzene rings is 3. The van der Waals surface area contributed by atoms with Gasteiger partial charge < -0.3 is 19.4 Å². The second kappa shape index (κ2) is 9.13. The van der Waals surface area contributed by atoms with E-state index in [-0.39, 0.29) is 24.4 Å². The predicted octanol–water partition coefficient (Wildman–Crippen LogP) is 3.90. The summed E-state index contributed by atoms with van der Waals surface area (Å²) in [5.41, 5.74) is 4.62. The Morgan fingerprint density at radius 1 is 0.946 bits per heavy atom. The molecule has 0 spiro atoms. The predicted molar refractivity (Wildman–Crippen MR) is 140 cm³/mol. The molecule has 1 saturated heterocycles. The molecule has 2 atom stereocenters. The van der Waals surface area contributed by atoms with Gasteiger partial charge in [-0.3, -0.25) is 9.59 Å². The maximum absolute atomic E-state index is 13.8. The molecule has 0 radical (unpaired) electrons. The van der Waals surface area contributed by atoms with E-state index < -0.39 is 6.04 Å². The molecule has 1 aromatic heterocycles. The first-order valence-corrected chi connectivity index (χ1v) is 12.1. The van der Waals surface area contributed by atoms with Gasteiger partial charge in [0.2, 0.25) is 5.91 Å². The molecule has 8 heteroatoms. The number of aromatic nitrogens is 1. The Balaban J connectivity index is 1.40. The molecule has 3 heterocycles. The average molecular weight is 495 g/mol. The van der Waals surface area contributed by atoms with Gasteiger partial charge in [-0.25, -0.2) is 5.01 Å². The molecule has 6 rings (SSSR count). The second-order valence-electron chi connectivity index (χ2n) is 9.12. The lowest BCUT2D eigenvalue weighted by atomic mass is 9.86. The Morgan fingerprint density at radius 2 is 1.73 bits per heavy atom. The topological polar surface area (TPSA) is 87.2 Å². The first-order valence-electron chi connectivity index (χ1n) is 12.1. The molecule has 1 fully saturated rings. The number of hydrogen-bond acceptors (Lipinski definition) is 5. The SMILES string of the molecule is COc1cccc(/C=N\N2CC(=O)N3[C@@H](c4ccccc4)c4[nH]c5ccccc5c4C[C@H]3C2=O)c1OC. The summed E-state index contributed by atoms with van der Waals surface area (Å²) in [5.74, 6) is 0.701. The van der Waals surface area contributed by atoms with Crippen LogP contribution in [0.3, 0.4) is 0 Å². The molecule has 3 aromatic carbocycles. The van der Waals surface area contributed by atoms with Crippen LogP contribution >= 0.6 is 0 Å². The Hall–Kier alpha value is -4.59. The number of aromatic amines is 1. The van der Waals surface area contributed by atoms with Gasteiger partial charge in [-0.2, -0.15) is 5.10 Å². The first kappa shape index (κ1) is 22.8. The number of methoxy groups -OCH3 is 2. The molecule has 2 aliphatic heterocycles. The number of H-pyrrole nitrogens is 1. The molecule has 4 aromatic rings. The van der Waals surface area contributed by atoms with Crippen molar-refractivity contribution in [2.24, 2.45) is 5.10 Å². The van der Waals surface area contributed by atoms with Crippen LogP contribution in [-0.4, -0.2) is 59.7 Å². The number of amides is 2. The molecule has 186 valence electrons. The van der Waals surface area contributed by atoms with Crippen molar-refractivity contribution in [2.75, 3.05) is 20.8 Å². The van der Waals surface area contributed by atoms with Crippen molar-refractivity contribution in [1.82, 2.24) is 14.9 Å². The van der Waals surface area contributed by atoms with E-state index in [2.05, 4.69) is 16.2 Å². The van der Waals surface area contributed by atoms with Crippen molar-refractivity contribution in [3.8, 4) is 11.5 Å². The lowest BCUT2D eigenvalue weighted by molar-refractivity contribution is -0.158. The molecule has 0 aliphatic carbocycles. The molecule has 0 saturated carbocycles. The molecule has 2 amide bonds. The van der Waals surface area contributed by atoms with Gasteiger partial charge in [0.15, 0.2) is 11.5 Å². The summed E-state index contributed by atoms with van der Waals surface area (Å²) in [6.45, 7) is -0.142. The Bertz CT molecular complexity index is 1530. The van der Waals surface area contributed by atoms with E-state index in [9.17, 15) is 9.59 Å². The Labute approximate surface area is 214 Å². The number of nitrogens with zero attached hydrogens (tertiary/aromatic N) is 3. The molecule has 0 bridgehead atoms. The summed E-state index contributed by atoms with van der Waals surface area (Å²) < 4.78 is 10.8. The van der Waals surface area contributed by atoms with E-state index in [0.717, 1.165) is 27.7 Å². The highest BCUT2D eigenvalue weighted by atomic mass is 16.5. The summed E-state index contributed by atoms with van der Waals surface area (Å²) in [4.78, 5) is 32.7. The number of rotatable bonds is 5. The van der Waals surface area contributed by atoms with Crippen LogP contribution in [0.5, 0.6) is 11.5 Å². The van der Waals surface area contributed by atoms with Crippen LogP contribution in [0.2, 0.25) is 0 Å². The van der Waals surface area contributed by atoms with E-state index in [1.54, 1.807) is 25.2 Å². The number of hydrazone groups is 1. The Morgan fingerprint density at radius 3 is 2.51 bits per heavy atom. The lowest BCUT2D eigenvalue weighted by Gasteiger charge is -2.45. The summed E-state index contributed by atoms with van der Waals surface area (Å²) >= 11 is 0. The van der Waals surface area contributed by atoms with Gasteiger partial charge in [0.25, 0.3) is 5.91 Å². The average Bonchev–Trinajstić information content (AvgIpc) is 3.31. The zero-order chi connectivity index (χ0) is 25.5. The largest absolute Gasteiger partial charge is 0.493 e. The number of fused-ring (bicyclic) bond motifs is 4. The number of nitrogens with one attached hydrogen (secondary N) is 1. The van der Waals surface area contributed by atoms with Crippen molar-refractivity contribution in [2.45, 2.75) is 18.5 Å². The van der Waals surface area contributed by atoms with Crippen LogP contribution in [0.4, 0.5) is 0 Å². The van der Waals surface area contributed by atoms with Crippen molar-refractivity contribution in [3.05, 3.63) is 95.2 Å². The fourth-order valence-corrected chi connectivity index (χ4v) is 5.47. The minimum atomic E-state index is -0.664. The summed E-state index contributed by atoms with van der Waals surface area (Å²) in [5, 5.41) is 6.77. The third-order valence-electron chi connectivity index (χ3n) is 7.13. The standard InChI is InChI=1S/C29H26N4O4/c1-36-24-14-8-11-19(28(24)37-2)16-30-32-17-25(34)33-23(29(32)35)15-21-20-12-6-7-13-22(20)31-26(21)27(33)18-9-4-3-5-10-18/h3-14,16,23,27,31H,15,17H2,1-2H3/b30-16-/t23-,27-/m0/s1. The third kappa shape index (κ3) is 3.72. The number of piperazine rings is 1. The minimum Gasteiger partial charge on any atom is -0.493 e. The Kier molecular flexibility index (Phi) is 5.64. The normalized spacial score (nSPS) is 19.3. The smallest absolute Gasteiger partial charge is 0.266 e. The van der Waals surface area contributed by atoms with E-state index in [4.69, 9.17) is 9.47 Å². The van der Waals surface area contributed by atoms with Gasteiger partial charge in [-0.15, -0.1) is 0 Å². The summed E-state index contributed by atoms with van der Waals surface area (Å²) in [6.07, 6.45) is 1.96. The summed E-state index contributed by atoms with van der Waals surface area (Å²) in [6, 6.07) is 22.3.